The van der Waals surface area contributed by atoms with Crippen LogP contribution in [-0.4, -0.2) is 14.1 Å². The molecule has 0 saturated carbocycles. The fourth-order valence-electron chi connectivity index (χ4n) is 7.61. The third kappa shape index (κ3) is 4.02. The number of hydrogen-bond donors (Lipinski definition) is 0. The zero-order chi connectivity index (χ0) is 31.1. The topological polar surface area (TPSA) is 22.8 Å². The number of nitrogens with zero attached hydrogens (tertiary/aromatic N) is 3. The summed E-state index contributed by atoms with van der Waals surface area (Å²) < 4.78 is 7.35. The summed E-state index contributed by atoms with van der Waals surface area (Å²) in [6, 6.07) is 49.3. The lowest BCUT2D eigenvalue weighted by atomic mass is 10.0. The summed E-state index contributed by atoms with van der Waals surface area (Å²) in [4.78, 5) is 4.35. The van der Waals surface area contributed by atoms with Gasteiger partial charge < -0.3 is 9.13 Å². The van der Waals surface area contributed by atoms with Gasteiger partial charge in [0.2, 0.25) is 0 Å². The van der Waals surface area contributed by atoms with Gasteiger partial charge in [0.05, 0.1) is 26.8 Å². The normalized spacial score (nSPS) is 12.0. The average molecular weight is 620 g/mol. The Labute approximate surface area is 275 Å². The molecule has 0 aliphatic heterocycles. The molecule has 4 aromatic heterocycles. The summed E-state index contributed by atoms with van der Waals surface area (Å²) in [5.41, 5.74) is 11.3. The highest BCUT2D eigenvalue weighted by atomic mass is 32.1. The molecule has 3 nitrogen and oxygen atoms in total. The lowest BCUT2D eigenvalue weighted by molar-refractivity contribution is 1.14. The van der Waals surface area contributed by atoms with Crippen LogP contribution in [0, 0.1) is 6.92 Å². The van der Waals surface area contributed by atoms with Crippen LogP contribution in [0.1, 0.15) is 16.7 Å². The van der Waals surface area contributed by atoms with E-state index in [4.69, 9.17) is 0 Å². The molecule has 0 spiro atoms. The molecule has 0 unspecified atom stereocenters. The summed E-state index contributed by atoms with van der Waals surface area (Å²) in [5, 5.41) is 7.70. The summed E-state index contributed by atoms with van der Waals surface area (Å²) >= 11 is 1.81. The molecule has 0 aliphatic carbocycles. The first kappa shape index (κ1) is 26.5. The van der Waals surface area contributed by atoms with Crippen molar-refractivity contribution >= 4 is 75.1 Å². The molecule has 222 valence electrons. The molecule has 47 heavy (non-hydrogen) atoms. The lowest BCUT2D eigenvalue weighted by Gasteiger charge is -2.11. The van der Waals surface area contributed by atoms with Crippen LogP contribution in [0.15, 0.2) is 146 Å². The van der Waals surface area contributed by atoms with E-state index >= 15 is 0 Å². The van der Waals surface area contributed by atoms with Crippen LogP contribution in [0.2, 0.25) is 0 Å². The molecule has 0 bridgehead atoms. The minimum Gasteiger partial charge on any atom is -0.309 e. The maximum Gasteiger partial charge on any atom is 0.0541 e. The van der Waals surface area contributed by atoms with E-state index in [0.717, 1.165) is 6.42 Å². The van der Waals surface area contributed by atoms with Crippen LogP contribution in [0.5, 0.6) is 0 Å². The Hall–Kier alpha value is -5.71. The molecule has 10 aromatic rings. The maximum absolute atomic E-state index is 4.35. The Morgan fingerprint density at radius 3 is 1.89 bits per heavy atom. The number of aryl methyl sites for hydroxylation is 1. The lowest BCUT2D eigenvalue weighted by Crippen LogP contribution is -1.96. The standard InChI is InChI=1S/C43H29N3S/c1-27-8-2-5-11-37(27)46-39-13-7-4-10-32(39)35-24-29(15-18-41(35)46)22-28-14-17-40-34(23-28)31-9-3-6-12-38(31)45(40)30-16-19-42-36(25-30)33-20-21-44-26-43(33)47-42/h2-21,23-26H,22H2,1H3. The van der Waals surface area contributed by atoms with Crippen molar-refractivity contribution in [2.24, 2.45) is 0 Å². The van der Waals surface area contributed by atoms with E-state index in [1.165, 1.54) is 91.8 Å². The van der Waals surface area contributed by atoms with Crippen LogP contribution in [0.4, 0.5) is 0 Å². The van der Waals surface area contributed by atoms with Crippen molar-refractivity contribution in [3.05, 3.63) is 163 Å². The minimum absolute atomic E-state index is 0.871. The van der Waals surface area contributed by atoms with E-state index in [0.29, 0.717) is 0 Å². The van der Waals surface area contributed by atoms with Crippen molar-refractivity contribution in [2.75, 3.05) is 0 Å². The molecule has 10 rings (SSSR count). The second kappa shape index (κ2) is 10.1. The van der Waals surface area contributed by atoms with Crippen molar-refractivity contribution in [3.8, 4) is 11.4 Å². The summed E-state index contributed by atoms with van der Waals surface area (Å²) in [6.07, 6.45) is 4.74. The SMILES string of the molecule is Cc1ccccc1-n1c2ccccc2c2cc(Cc3ccc4c(c3)c3ccccc3n4-c3ccc4sc5cnccc5c4c3)ccc21. The van der Waals surface area contributed by atoms with Gasteiger partial charge in [-0.25, -0.2) is 0 Å². The molecule has 0 radical (unpaired) electrons. The average Bonchev–Trinajstić information content (AvgIpc) is 3.76. The Kier molecular flexibility index (Phi) is 5.72. The zero-order valence-electron chi connectivity index (χ0n) is 25.8. The highest BCUT2D eigenvalue weighted by Gasteiger charge is 2.16. The molecular formula is C43H29N3S. The first-order chi connectivity index (χ1) is 23.2. The minimum atomic E-state index is 0.871. The van der Waals surface area contributed by atoms with Gasteiger partial charge >= 0.3 is 0 Å². The number of para-hydroxylation sites is 3. The van der Waals surface area contributed by atoms with E-state index in [9.17, 15) is 0 Å². The van der Waals surface area contributed by atoms with E-state index < -0.39 is 0 Å². The Morgan fingerprint density at radius 2 is 1.15 bits per heavy atom. The first-order valence-corrected chi connectivity index (χ1v) is 16.9. The molecule has 0 N–H and O–H groups in total. The molecule has 0 fully saturated rings. The Morgan fingerprint density at radius 1 is 0.511 bits per heavy atom. The van der Waals surface area contributed by atoms with E-state index in [1.807, 2.05) is 12.4 Å². The number of pyridine rings is 1. The van der Waals surface area contributed by atoms with Crippen LogP contribution < -0.4 is 0 Å². The first-order valence-electron chi connectivity index (χ1n) is 16.1. The fraction of sp³-hybridized carbons (Fsp3) is 0.0465. The Balaban J connectivity index is 1.10. The van der Waals surface area contributed by atoms with Gasteiger partial charge in [-0.1, -0.05) is 66.7 Å². The third-order valence-corrected chi connectivity index (χ3v) is 10.9. The van der Waals surface area contributed by atoms with E-state index in [2.05, 4.69) is 155 Å². The van der Waals surface area contributed by atoms with Gasteiger partial charge in [0.1, 0.15) is 0 Å². The molecule has 4 heterocycles. The highest BCUT2D eigenvalue weighted by molar-refractivity contribution is 7.25. The largest absolute Gasteiger partial charge is 0.309 e. The van der Waals surface area contributed by atoms with Crippen LogP contribution in [0.25, 0.3) is 75.2 Å². The smallest absolute Gasteiger partial charge is 0.0541 e. The predicted octanol–water partition coefficient (Wildman–Crippen LogP) is 11.5. The number of hydrogen-bond acceptors (Lipinski definition) is 2. The number of aromatic nitrogens is 3. The van der Waals surface area contributed by atoms with Crippen molar-refractivity contribution < 1.29 is 0 Å². The van der Waals surface area contributed by atoms with Crippen molar-refractivity contribution in [3.63, 3.8) is 0 Å². The van der Waals surface area contributed by atoms with Gasteiger partial charge in [0.25, 0.3) is 0 Å². The zero-order valence-corrected chi connectivity index (χ0v) is 26.6. The number of rotatable bonds is 4. The molecule has 0 amide bonds. The highest BCUT2D eigenvalue weighted by Crippen LogP contribution is 2.38. The fourth-order valence-corrected chi connectivity index (χ4v) is 8.66. The summed E-state index contributed by atoms with van der Waals surface area (Å²) in [7, 11) is 0. The van der Waals surface area contributed by atoms with Crippen molar-refractivity contribution in [2.45, 2.75) is 13.3 Å². The summed E-state index contributed by atoms with van der Waals surface area (Å²) in [6.45, 7) is 2.19. The monoisotopic (exact) mass is 619 g/mol. The number of benzene rings is 6. The van der Waals surface area contributed by atoms with Gasteiger partial charge in [0, 0.05) is 60.8 Å². The van der Waals surface area contributed by atoms with Crippen LogP contribution in [0.3, 0.4) is 0 Å². The van der Waals surface area contributed by atoms with Gasteiger partial charge in [-0.2, -0.15) is 0 Å². The molecule has 0 atom stereocenters. The van der Waals surface area contributed by atoms with Gasteiger partial charge in [-0.05, 0) is 96.8 Å². The van der Waals surface area contributed by atoms with E-state index in [1.54, 1.807) is 11.3 Å². The van der Waals surface area contributed by atoms with Crippen LogP contribution >= 0.6 is 11.3 Å². The third-order valence-electron chi connectivity index (χ3n) is 9.75. The van der Waals surface area contributed by atoms with Gasteiger partial charge in [-0.3, -0.25) is 4.98 Å². The molecule has 4 heteroatoms. The van der Waals surface area contributed by atoms with Gasteiger partial charge in [-0.15, -0.1) is 11.3 Å². The van der Waals surface area contributed by atoms with Crippen LogP contribution in [-0.2, 0) is 6.42 Å². The van der Waals surface area contributed by atoms with Crippen molar-refractivity contribution in [1.82, 2.24) is 14.1 Å². The predicted molar refractivity (Wildman–Crippen MR) is 200 cm³/mol. The van der Waals surface area contributed by atoms with Crippen molar-refractivity contribution in [1.29, 1.82) is 0 Å². The number of thiophene rings is 1. The molecule has 6 aromatic carbocycles. The number of fused-ring (bicyclic) bond motifs is 9. The Bertz CT molecular complexity index is 2850. The summed E-state index contributed by atoms with van der Waals surface area (Å²) in [5.74, 6) is 0. The quantitative estimate of drug-likeness (QED) is 0.192. The second-order valence-electron chi connectivity index (χ2n) is 12.5. The molecular weight excluding hydrogens is 591 g/mol. The maximum atomic E-state index is 4.35. The van der Waals surface area contributed by atoms with E-state index in [-0.39, 0.29) is 0 Å². The molecule has 0 saturated heterocycles. The second-order valence-corrected chi connectivity index (χ2v) is 13.6. The van der Waals surface area contributed by atoms with Gasteiger partial charge in [0.15, 0.2) is 0 Å². The molecule has 0 aliphatic rings.